The van der Waals surface area contributed by atoms with Crippen LogP contribution in [0.2, 0.25) is 0 Å². The molecule has 1 heterocycles. The molecule has 4 heteroatoms. The molecule has 0 aliphatic rings. The van der Waals surface area contributed by atoms with Crippen molar-refractivity contribution in [3.8, 4) is 17.1 Å². The van der Waals surface area contributed by atoms with Crippen molar-refractivity contribution in [2.45, 2.75) is 33.2 Å². The molecule has 0 bridgehead atoms. The predicted molar refractivity (Wildman–Crippen MR) is 101 cm³/mol. The van der Waals surface area contributed by atoms with Gasteiger partial charge in [0.25, 0.3) is 0 Å². The molecule has 130 valence electrons. The lowest BCUT2D eigenvalue weighted by molar-refractivity contribution is 0.328. The number of hydrogen-bond acceptors (Lipinski definition) is 4. The Kier molecular flexibility index (Phi) is 4.39. The molecule has 1 aromatic heterocycles. The third-order valence-electron chi connectivity index (χ3n) is 4.23. The minimum Gasteiger partial charge on any atom is -0.493 e. The molecule has 0 saturated heterocycles. The van der Waals surface area contributed by atoms with Crippen LogP contribution in [0.15, 0.2) is 51.7 Å². The van der Waals surface area contributed by atoms with Gasteiger partial charge in [-0.05, 0) is 39.8 Å². The molecule has 0 aliphatic heterocycles. The Hall–Kier alpha value is -2.59. The maximum atomic E-state index is 12.9. The molecule has 0 radical (unpaired) electrons. The highest BCUT2D eigenvalue weighted by Gasteiger charge is 2.26. The first kappa shape index (κ1) is 17.2. The molecule has 0 fully saturated rings. The predicted octanol–water partition coefficient (Wildman–Crippen LogP) is 4.36. The Morgan fingerprint density at radius 3 is 2.40 bits per heavy atom. The van der Waals surface area contributed by atoms with E-state index in [-0.39, 0.29) is 5.43 Å². The smallest absolute Gasteiger partial charge is 0.196 e. The van der Waals surface area contributed by atoms with Gasteiger partial charge in [-0.3, -0.25) is 4.79 Å². The molecular weight excluding hydrogens is 314 g/mol. The fourth-order valence-electron chi connectivity index (χ4n) is 3.08. The highest BCUT2D eigenvalue weighted by molar-refractivity contribution is 5.86. The van der Waals surface area contributed by atoms with E-state index in [0.717, 1.165) is 5.56 Å². The molecule has 2 aromatic carbocycles. The van der Waals surface area contributed by atoms with E-state index in [1.54, 1.807) is 19.1 Å². The molecule has 2 N–H and O–H groups in total. The number of rotatable bonds is 4. The third-order valence-corrected chi connectivity index (χ3v) is 4.23. The largest absolute Gasteiger partial charge is 0.493 e. The minimum absolute atomic E-state index is 0.0475. The van der Waals surface area contributed by atoms with E-state index < -0.39 is 5.54 Å². The van der Waals surface area contributed by atoms with Gasteiger partial charge in [-0.1, -0.05) is 30.3 Å². The Bertz CT molecular complexity index is 966. The van der Waals surface area contributed by atoms with E-state index >= 15 is 0 Å². The number of fused-ring (bicyclic) bond motifs is 1. The zero-order valence-electron chi connectivity index (χ0n) is 15.1. The summed E-state index contributed by atoms with van der Waals surface area (Å²) in [5.74, 6) is 1.21. The van der Waals surface area contributed by atoms with Crippen LogP contribution in [0.4, 0.5) is 0 Å². The van der Waals surface area contributed by atoms with Crippen molar-refractivity contribution in [1.82, 2.24) is 0 Å². The highest BCUT2D eigenvalue weighted by atomic mass is 16.5. The molecule has 0 unspecified atom stereocenters. The van der Waals surface area contributed by atoms with E-state index in [0.29, 0.717) is 40.2 Å². The Labute approximate surface area is 147 Å². The summed E-state index contributed by atoms with van der Waals surface area (Å²) in [7, 11) is 0. The van der Waals surface area contributed by atoms with Gasteiger partial charge in [-0.2, -0.15) is 0 Å². The Morgan fingerprint density at radius 2 is 1.80 bits per heavy atom. The third kappa shape index (κ3) is 3.05. The number of nitrogens with two attached hydrogens (primary N) is 1. The first-order valence-electron chi connectivity index (χ1n) is 8.42. The quantitative estimate of drug-likeness (QED) is 0.768. The van der Waals surface area contributed by atoms with Crippen LogP contribution < -0.4 is 15.9 Å². The number of ether oxygens (including phenoxy) is 1. The summed E-state index contributed by atoms with van der Waals surface area (Å²) < 4.78 is 12.0. The van der Waals surface area contributed by atoms with Gasteiger partial charge in [0.2, 0.25) is 0 Å². The fourth-order valence-corrected chi connectivity index (χ4v) is 3.08. The van der Waals surface area contributed by atoms with Crippen LogP contribution in [-0.2, 0) is 5.54 Å². The Morgan fingerprint density at radius 1 is 1.12 bits per heavy atom. The van der Waals surface area contributed by atoms with Gasteiger partial charge in [0.05, 0.1) is 17.6 Å². The average molecular weight is 337 g/mol. The van der Waals surface area contributed by atoms with Crippen molar-refractivity contribution in [2.24, 2.45) is 5.73 Å². The molecule has 0 amide bonds. The first-order valence-corrected chi connectivity index (χ1v) is 8.42. The van der Waals surface area contributed by atoms with Crippen molar-refractivity contribution >= 4 is 11.0 Å². The van der Waals surface area contributed by atoms with E-state index in [1.165, 1.54) is 0 Å². The molecule has 0 aliphatic carbocycles. The number of hydrogen-bond donors (Lipinski definition) is 1. The monoisotopic (exact) mass is 337 g/mol. The van der Waals surface area contributed by atoms with Crippen LogP contribution in [0.3, 0.4) is 0 Å². The van der Waals surface area contributed by atoms with E-state index in [4.69, 9.17) is 14.9 Å². The van der Waals surface area contributed by atoms with Gasteiger partial charge in [-0.25, -0.2) is 0 Å². The zero-order chi connectivity index (χ0) is 18.2. The SMILES string of the molecule is CCOc1ccc2c(=O)c(C)c(-c3ccccc3)oc2c1C(C)(C)N. The summed E-state index contributed by atoms with van der Waals surface area (Å²) in [6.45, 7) is 7.98. The second-order valence-electron chi connectivity index (χ2n) is 6.72. The van der Waals surface area contributed by atoms with Gasteiger partial charge < -0.3 is 14.9 Å². The normalized spacial score (nSPS) is 11.7. The lowest BCUT2D eigenvalue weighted by atomic mass is 9.92. The highest BCUT2D eigenvalue weighted by Crippen LogP contribution is 2.36. The summed E-state index contributed by atoms with van der Waals surface area (Å²) in [5.41, 5.74) is 8.27. The van der Waals surface area contributed by atoms with Crippen LogP contribution in [0.25, 0.3) is 22.3 Å². The van der Waals surface area contributed by atoms with Crippen molar-refractivity contribution in [2.75, 3.05) is 6.61 Å². The van der Waals surface area contributed by atoms with Gasteiger partial charge in [0, 0.05) is 16.7 Å². The summed E-state index contributed by atoms with van der Waals surface area (Å²) in [6.07, 6.45) is 0. The van der Waals surface area contributed by atoms with Gasteiger partial charge in [0.15, 0.2) is 5.43 Å². The van der Waals surface area contributed by atoms with Crippen molar-refractivity contribution in [3.05, 3.63) is 63.8 Å². The summed E-state index contributed by atoms with van der Waals surface area (Å²) >= 11 is 0. The topological polar surface area (TPSA) is 65.5 Å². The van der Waals surface area contributed by atoms with Crippen LogP contribution in [0, 0.1) is 6.92 Å². The van der Waals surface area contributed by atoms with E-state index in [2.05, 4.69) is 0 Å². The average Bonchev–Trinajstić information content (AvgIpc) is 2.57. The maximum Gasteiger partial charge on any atom is 0.196 e. The molecule has 0 saturated carbocycles. The van der Waals surface area contributed by atoms with E-state index in [1.807, 2.05) is 51.1 Å². The molecular formula is C21H23NO3. The fraction of sp³-hybridized carbons (Fsp3) is 0.286. The maximum absolute atomic E-state index is 12.9. The minimum atomic E-state index is -0.719. The summed E-state index contributed by atoms with van der Waals surface area (Å²) in [6, 6.07) is 13.2. The van der Waals surface area contributed by atoms with Crippen LogP contribution in [0.1, 0.15) is 31.9 Å². The second-order valence-corrected chi connectivity index (χ2v) is 6.72. The van der Waals surface area contributed by atoms with Gasteiger partial charge in [0.1, 0.15) is 17.1 Å². The molecule has 3 rings (SSSR count). The zero-order valence-corrected chi connectivity index (χ0v) is 15.1. The second kappa shape index (κ2) is 6.37. The van der Waals surface area contributed by atoms with E-state index in [9.17, 15) is 4.79 Å². The van der Waals surface area contributed by atoms with Gasteiger partial charge >= 0.3 is 0 Å². The van der Waals surface area contributed by atoms with Crippen LogP contribution in [0.5, 0.6) is 5.75 Å². The molecule has 4 nitrogen and oxygen atoms in total. The van der Waals surface area contributed by atoms with Gasteiger partial charge in [-0.15, -0.1) is 0 Å². The summed E-state index contributed by atoms with van der Waals surface area (Å²) in [4.78, 5) is 12.9. The number of benzene rings is 2. The van der Waals surface area contributed by atoms with Crippen molar-refractivity contribution in [1.29, 1.82) is 0 Å². The van der Waals surface area contributed by atoms with Crippen LogP contribution >= 0.6 is 0 Å². The van der Waals surface area contributed by atoms with Crippen molar-refractivity contribution < 1.29 is 9.15 Å². The first-order chi connectivity index (χ1) is 11.8. The Balaban J connectivity index is 2.43. The summed E-state index contributed by atoms with van der Waals surface area (Å²) in [5, 5.41) is 0.522. The molecule has 3 aromatic rings. The lowest BCUT2D eigenvalue weighted by Gasteiger charge is -2.24. The molecule has 0 spiro atoms. The van der Waals surface area contributed by atoms with Crippen LogP contribution in [-0.4, -0.2) is 6.61 Å². The molecule has 0 atom stereocenters. The standard InChI is InChI=1S/C21H23NO3/c1-5-24-16-12-11-15-18(23)13(2)19(14-9-7-6-8-10-14)25-20(15)17(16)21(3,4)22/h6-12H,5,22H2,1-4H3. The van der Waals surface area contributed by atoms with Crippen molar-refractivity contribution in [3.63, 3.8) is 0 Å². The lowest BCUT2D eigenvalue weighted by Crippen LogP contribution is -2.30. The molecule has 25 heavy (non-hydrogen) atoms.